The van der Waals surface area contributed by atoms with Gasteiger partial charge in [0.25, 0.3) is 5.91 Å². The van der Waals surface area contributed by atoms with Crippen molar-refractivity contribution in [2.45, 2.75) is 18.9 Å². The smallest absolute Gasteiger partial charge is 0.255 e. The van der Waals surface area contributed by atoms with Crippen LogP contribution in [0.3, 0.4) is 0 Å². The van der Waals surface area contributed by atoms with Crippen LogP contribution in [0.25, 0.3) is 0 Å². The van der Waals surface area contributed by atoms with Crippen LogP contribution in [0.4, 0.5) is 5.69 Å². The highest BCUT2D eigenvalue weighted by Crippen LogP contribution is 2.29. The predicted molar refractivity (Wildman–Crippen MR) is 90.3 cm³/mol. The van der Waals surface area contributed by atoms with Crippen LogP contribution < -0.4 is 10.1 Å². The van der Waals surface area contributed by atoms with Crippen LogP contribution in [0.2, 0.25) is 5.02 Å². The Morgan fingerprint density at radius 1 is 1.26 bits per heavy atom. The number of amides is 1. The summed E-state index contributed by atoms with van der Waals surface area (Å²) in [6, 6.07) is 14.2. The number of nitrogens with one attached hydrogen (secondary N) is 1. The van der Waals surface area contributed by atoms with E-state index in [1.807, 2.05) is 18.2 Å². The van der Waals surface area contributed by atoms with Gasteiger partial charge < -0.3 is 14.8 Å². The number of rotatable bonds is 5. The van der Waals surface area contributed by atoms with Crippen molar-refractivity contribution in [2.75, 3.05) is 18.5 Å². The van der Waals surface area contributed by atoms with Crippen LogP contribution in [0.15, 0.2) is 48.5 Å². The van der Waals surface area contributed by atoms with Crippen molar-refractivity contribution >= 4 is 23.2 Å². The van der Waals surface area contributed by atoms with E-state index in [0.717, 1.165) is 19.4 Å². The zero-order chi connectivity index (χ0) is 16.1. The summed E-state index contributed by atoms with van der Waals surface area (Å²) in [6.07, 6.45) is 2.18. The summed E-state index contributed by atoms with van der Waals surface area (Å²) in [5.74, 6) is 0.393. The van der Waals surface area contributed by atoms with Gasteiger partial charge in [-0.25, -0.2) is 0 Å². The SMILES string of the molecule is O=C(Nc1cc(Cl)ccc1OC[C@H]1CCCO1)c1ccccc1. The Balaban J connectivity index is 1.72. The molecule has 1 amide bonds. The van der Waals surface area contributed by atoms with Crippen LogP contribution in [-0.2, 0) is 4.74 Å². The maximum atomic E-state index is 12.3. The molecule has 2 aromatic rings. The van der Waals surface area contributed by atoms with E-state index >= 15 is 0 Å². The molecule has 0 unspecified atom stereocenters. The molecular formula is C18H18ClNO3. The molecule has 3 rings (SSSR count). The van der Waals surface area contributed by atoms with E-state index < -0.39 is 0 Å². The molecule has 1 saturated heterocycles. The highest BCUT2D eigenvalue weighted by molar-refractivity contribution is 6.31. The lowest BCUT2D eigenvalue weighted by Crippen LogP contribution is -2.18. The molecule has 0 spiro atoms. The van der Waals surface area contributed by atoms with E-state index in [0.29, 0.717) is 28.6 Å². The van der Waals surface area contributed by atoms with Crippen molar-refractivity contribution < 1.29 is 14.3 Å². The lowest BCUT2D eigenvalue weighted by molar-refractivity contribution is 0.0682. The van der Waals surface area contributed by atoms with Crippen LogP contribution in [0.5, 0.6) is 5.75 Å². The molecule has 1 aliphatic rings. The van der Waals surface area contributed by atoms with Gasteiger partial charge in [0.15, 0.2) is 0 Å². The monoisotopic (exact) mass is 331 g/mol. The zero-order valence-corrected chi connectivity index (χ0v) is 13.4. The van der Waals surface area contributed by atoms with Crippen LogP contribution in [0, 0.1) is 0 Å². The maximum Gasteiger partial charge on any atom is 0.255 e. The molecule has 2 aromatic carbocycles. The minimum Gasteiger partial charge on any atom is -0.489 e. The van der Waals surface area contributed by atoms with Crippen molar-refractivity contribution in [2.24, 2.45) is 0 Å². The predicted octanol–water partition coefficient (Wildman–Crippen LogP) is 4.15. The second-order valence-corrected chi connectivity index (χ2v) is 5.84. The van der Waals surface area contributed by atoms with E-state index in [-0.39, 0.29) is 12.0 Å². The molecule has 1 atom stereocenters. The number of halogens is 1. The zero-order valence-electron chi connectivity index (χ0n) is 12.6. The Hall–Kier alpha value is -2.04. The van der Waals surface area contributed by atoms with Gasteiger partial charge in [0.05, 0.1) is 11.8 Å². The molecule has 0 radical (unpaired) electrons. The molecule has 4 nitrogen and oxygen atoms in total. The number of hydrogen-bond acceptors (Lipinski definition) is 3. The Morgan fingerprint density at radius 2 is 2.09 bits per heavy atom. The highest BCUT2D eigenvalue weighted by atomic mass is 35.5. The molecule has 0 saturated carbocycles. The lowest BCUT2D eigenvalue weighted by atomic mass is 10.2. The summed E-state index contributed by atoms with van der Waals surface area (Å²) in [5.41, 5.74) is 1.14. The Bertz CT molecular complexity index is 669. The van der Waals surface area contributed by atoms with Crippen LogP contribution in [0.1, 0.15) is 23.2 Å². The molecule has 0 bridgehead atoms. The van der Waals surface area contributed by atoms with Crippen molar-refractivity contribution in [3.05, 3.63) is 59.1 Å². The minimum absolute atomic E-state index is 0.114. The van der Waals surface area contributed by atoms with Gasteiger partial charge in [-0.3, -0.25) is 4.79 Å². The first-order valence-electron chi connectivity index (χ1n) is 7.63. The van der Waals surface area contributed by atoms with Gasteiger partial charge in [-0.05, 0) is 43.2 Å². The number of carbonyl (C=O) groups excluding carboxylic acids is 1. The first kappa shape index (κ1) is 15.8. The summed E-state index contributed by atoms with van der Waals surface area (Å²) in [4.78, 5) is 12.3. The second kappa shape index (κ2) is 7.49. The number of ether oxygens (including phenoxy) is 2. The highest BCUT2D eigenvalue weighted by Gasteiger charge is 2.17. The average molecular weight is 332 g/mol. The first-order chi connectivity index (χ1) is 11.2. The minimum atomic E-state index is -0.199. The first-order valence-corrected chi connectivity index (χ1v) is 8.00. The van der Waals surface area contributed by atoms with Gasteiger partial charge in [-0.2, -0.15) is 0 Å². The fourth-order valence-electron chi connectivity index (χ4n) is 2.47. The summed E-state index contributed by atoms with van der Waals surface area (Å²) in [6.45, 7) is 1.25. The Morgan fingerprint density at radius 3 is 2.83 bits per heavy atom. The third kappa shape index (κ3) is 4.24. The fourth-order valence-corrected chi connectivity index (χ4v) is 2.64. The number of benzene rings is 2. The van der Waals surface area contributed by atoms with Crippen LogP contribution >= 0.6 is 11.6 Å². The third-order valence-electron chi connectivity index (χ3n) is 3.67. The molecule has 1 aliphatic heterocycles. The fraction of sp³-hybridized carbons (Fsp3) is 0.278. The lowest BCUT2D eigenvalue weighted by Gasteiger charge is -2.15. The van der Waals surface area contributed by atoms with E-state index in [4.69, 9.17) is 21.1 Å². The summed E-state index contributed by atoms with van der Waals surface area (Å²) in [5, 5.41) is 3.39. The molecule has 0 aliphatic carbocycles. The van der Waals surface area contributed by atoms with Gasteiger partial charge in [-0.1, -0.05) is 29.8 Å². The number of anilines is 1. The molecular weight excluding hydrogens is 314 g/mol. The quantitative estimate of drug-likeness (QED) is 0.895. The van der Waals surface area contributed by atoms with Gasteiger partial charge >= 0.3 is 0 Å². The second-order valence-electron chi connectivity index (χ2n) is 5.41. The molecule has 1 heterocycles. The van der Waals surface area contributed by atoms with Crippen molar-refractivity contribution in [1.82, 2.24) is 0 Å². The van der Waals surface area contributed by atoms with Gasteiger partial charge in [-0.15, -0.1) is 0 Å². The van der Waals surface area contributed by atoms with Gasteiger partial charge in [0.1, 0.15) is 12.4 Å². The van der Waals surface area contributed by atoms with Gasteiger partial charge in [0, 0.05) is 17.2 Å². The molecule has 5 heteroatoms. The molecule has 1 N–H and O–H groups in total. The normalized spacial score (nSPS) is 17.0. The largest absolute Gasteiger partial charge is 0.489 e. The molecule has 0 aromatic heterocycles. The summed E-state index contributed by atoms with van der Waals surface area (Å²) >= 11 is 6.04. The number of hydrogen-bond donors (Lipinski definition) is 1. The standard InChI is InChI=1S/C18H18ClNO3/c19-14-8-9-17(23-12-15-7-4-10-22-15)16(11-14)20-18(21)13-5-2-1-3-6-13/h1-3,5-6,8-9,11,15H,4,7,10,12H2,(H,20,21)/t15-/m1/s1. The molecule has 23 heavy (non-hydrogen) atoms. The Labute approximate surface area is 140 Å². The maximum absolute atomic E-state index is 12.3. The van der Waals surface area contributed by atoms with E-state index in [2.05, 4.69) is 5.32 Å². The van der Waals surface area contributed by atoms with Crippen molar-refractivity contribution in [3.8, 4) is 5.75 Å². The van der Waals surface area contributed by atoms with Gasteiger partial charge in [0.2, 0.25) is 0 Å². The van der Waals surface area contributed by atoms with Crippen molar-refractivity contribution in [3.63, 3.8) is 0 Å². The number of carbonyl (C=O) groups is 1. The average Bonchev–Trinajstić information content (AvgIpc) is 3.08. The van der Waals surface area contributed by atoms with E-state index in [9.17, 15) is 4.79 Å². The molecule has 120 valence electrons. The van der Waals surface area contributed by atoms with E-state index in [1.165, 1.54) is 0 Å². The van der Waals surface area contributed by atoms with Crippen molar-refractivity contribution in [1.29, 1.82) is 0 Å². The summed E-state index contributed by atoms with van der Waals surface area (Å²) in [7, 11) is 0. The third-order valence-corrected chi connectivity index (χ3v) is 3.91. The molecule has 1 fully saturated rings. The Kier molecular flexibility index (Phi) is 5.16. The summed E-state index contributed by atoms with van der Waals surface area (Å²) < 4.78 is 11.4. The topological polar surface area (TPSA) is 47.6 Å². The van der Waals surface area contributed by atoms with E-state index in [1.54, 1.807) is 30.3 Å². The van der Waals surface area contributed by atoms with Crippen LogP contribution in [-0.4, -0.2) is 25.2 Å².